The summed E-state index contributed by atoms with van der Waals surface area (Å²) >= 11 is 1.30. The Balaban J connectivity index is 1.98. The standard InChI is InChI=1S/C16H23N3O2S/c1-16(6-8-18-9-7-16)11-19-15(21)12-4-2-3-5-13(12)22-10-14(17)20/h2-5,18H,6-11H2,1H3,(H2,17,20)(H,19,21). The number of nitrogens with one attached hydrogen (secondary N) is 2. The van der Waals surface area contributed by atoms with Gasteiger partial charge in [-0.2, -0.15) is 0 Å². The Labute approximate surface area is 135 Å². The van der Waals surface area contributed by atoms with E-state index in [1.54, 1.807) is 6.07 Å². The molecule has 1 aromatic carbocycles. The number of primary amides is 1. The molecule has 0 saturated carbocycles. The molecule has 1 aliphatic heterocycles. The Hall–Kier alpha value is -1.53. The number of hydrogen-bond acceptors (Lipinski definition) is 4. The highest BCUT2D eigenvalue weighted by molar-refractivity contribution is 8.00. The lowest BCUT2D eigenvalue weighted by molar-refractivity contribution is -0.115. The highest BCUT2D eigenvalue weighted by atomic mass is 32.2. The van der Waals surface area contributed by atoms with Crippen molar-refractivity contribution in [2.24, 2.45) is 11.1 Å². The van der Waals surface area contributed by atoms with Crippen molar-refractivity contribution < 1.29 is 9.59 Å². The number of hydrogen-bond donors (Lipinski definition) is 3. The van der Waals surface area contributed by atoms with E-state index in [4.69, 9.17) is 5.73 Å². The van der Waals surface area contributed by atoms with Crippen molar-refractivity contribution in [3.63, 3.8) is 0 Å². The fourth-order valence-electron chi connectivity index (χ4n) is 2.52. The van der Waals surface area contributed by atoms with Crippen LogP contribution in [0.25, 0.3) is 0 Å². The lowest BCUT2D eigenvalue weighted by Crippen LogP contribution is -2.43. The number of nitrogens with two attached hydrogens (primary N) is 1. The molecule has 4 N–H and O–H groups in total. The molecule has 1 aromatic rings. The summed E-state index contributed by atoms with van der Waals surface area (Å²) in [6.45, 7) is 4.87. The first-order valence-corrected chi connectivity index (χ1v) is 8.48. The summed E-state index contributed by atoms with van der Waals surface area (Å²) in [6.07, 6.45) is 2.12. The first-order chi connectivity index (χ1) is 10.5. The van der Waals surface area contributed by atoms with Gasteiger partial charge in [0.15, 0.2) is 0 Å². The minimum Gasteiger partial charge on any atom is -0.369 e. The van der Waals surface area contributed by atoms with Gasteiger partial charge >= 0.3 is 0 Å². The lowest BCUT2D eigenvalue weighted by atomic mass is 9.81. The van der Waals surface area contributed by atoms with Gasteiger partial charge in [0.25, 0.3) is 5.91 Å². The quantitative estimate of drug-likeness (QED) is 0.691. The number of carbonyl (C=O) groups is 2. The van der Waals surface area contributed by atoms with E-state index in [2.05, 4.69) is 17.6 Å². The second-order valence-corrected chi connectivity index (χ2v) is 7.01. The molecule has 0 aliphatic carbocycles. The maximum atomic E-state index is 12.4. The van der Waals surface area contributed by atoms with E-state index in [-0.39, 0.29) is 23.0 Å². The predicted octanol–water partition coefficient (Wildman–Crippen LogP) is 1.38. The number of piperidine rings is 1. The smallest absolute Gasteiger partial charge is 0.252 e. The van der Waals surface area contributed by atoms with Gasteiger partial charge in [-0.15, -0.1) is 11.8 Å². The zero-order chi connectivity index (χ0) is 16.0. The molecule has 1 aliphatic rings. The largest absolute Gasteiger partial charge is 0.369 e. The van der Waals surface area contributed by atoms with Gasteiger partial charge in [-0.3, -0.25) is 9.59 Å². The Kier molecular flexibility index (Phi) is 5.85. The average Bonchev–Trinajstić information content (AvgIpc) is 2.52. The van der Waals surface area contributed by atoms with Gasteiger partial charge < -0.3 is 16.4 Å². The van der Waals surface area contributed by atoms with Crippen molar-refractivity contribution in [1.29, 1.82) is 0 Å². The van der Waals surface area contributed by atoms with E-state index in [1.165, 1.54) is 11.8 Å². The van der Waals surface area contributed by atoms with Gasteiger partial charge in [0.05, 0.1) is 11.3 Å². The molecule has 0 spiro atoms. The van der Waals surface area contributed by atoms with Crippen LogP contribution < -0.4 is 16.4 Å². The Morgan fingerprint density at radius 1 is 1.32 bits per heavy atom. The number of benzene rings is 1. The first kappa shape index (κ1) is 16.8. The molecule has 0 atom stereocenters. The topological polar surface area (TPSA) is 84.2 Å². The summed E-state index contributed by atoms with van der Waals surface area (Å²) in [4.78, 5) is 24.1. The molecule has 22 heavy (non-hydrogen) atoms. The van der Waals surface area contributed by atoms with E-state index in [1.807, 2.05) is 18.2 Å². The van der Waals surface area contributed by atoms with Crippen LogP contribution in [0, 0.1) is 5.41 Å². The van der Waals surface area contributed by atoms with E-state index in [0.717, 1.165) is 30.8 Å². The number of rotatable bonds is 6. The van der Waals surface area contributed by atoms with Crippen molar-refractivity contribution in [1.82, 2.24) is 10.6 Å². The molecule has 0 radical (unpaired) electrons. The maximum absolute atomic E-state index is 12.4. The summed E-state index contributed by atoms with van der Waals surface area (Å²) in [5.74, 6) is -0.303. The van der Waals surface area contributed by atoms with Gasteiger partial charge in [-0.1, -0.05) is 19.1 Å². The molecule has 1 saturated heterocycles. The minimum absolute atomic E-state index is 0.0904. The lowest BCUT2D eigenvalue weighted by Gasteiger charge is -2.34. The van der Waals surface area contributed by atoms with Crippen LogP contribution in [0.3, 0.4) is 0 Å². The van der Waals surface area contributed by atoms with E-state index in [0.29, 0.717) is 12.1 Å². The third-order valence-corrected chi connectivity index (χ3v) is 5.08. The molecular formula is C16H23N3O2S. The Morgan fingerprint density at radius 3 is 2.68 bits per heavy atom. The molecule has 0 aromatic heterocycles. The maximum Gasteiger partial charge on any atom is 0.252 e. The van der Waals surface area contributed by atoms with Crippen LogP contribution in [0.4, 0.5) is 0 Å². The second kappa shape index (κ2) is 7.65. The van der Waals surface area contributed by atoms with Crippen molar-refractivity contribution in [2.45, 2.75) is 24.7 Å². The van der Waals surface area contributed by atoms with Gasteiger partial charge in [0.2, 0.25) is 5.91 Å². The predicted molar refractivity (Wildman–Crippen MR) is 88.9 cm³/mol. The van der Waals surface area contributed by atoms with Crippen molar-refractivity contribution >= 4 is 23.6 Å². The third kappa shape index (κ3) is 4.74. The molecule has 6 heteroatoms. The van der Waals surface area contributed by atoms with Gasteiger partial charge in [-0.25, -0.2) is 0 Å². The van der Waals surface area contributed by atoms with E-state index in [9.17, 15) is 9.59 Å². The summed E-state index contributed by atoms with van der Waals surface area (Å²) in [5, 5.41) is 6.38. The third-order valence-electron chi connectivity index (χ3n) is 3.99. The van der Waals surface area contributed by atoms with Crippen LogP contribution in [0.1, 0.15) is 30.1 Å². The van der Waals surface area contributed by atoms with E-state index >= 15 is 0 Å². The highest BCUT2D eigenvalue weighted by Crippen LogP contribution is 2.27. The molecular weight excluding hydrogens is 298 g/mol. The Morgan fingerprint density at radius 2 is 2.00 bits per heavy atom. The van der Waals surface area contributed by atoms with Crippen LogP contribution in [0.2, 0.25) is 0 Å². The van der Waals surface area contributed by atoms with Gasteiger partial charge in [0, 0.05) is 11.4 Å². The van der Waals surface area contributed by atoms with Crippen LogP contribution in [-0.4, -0.2) is 37.2 Å². The average molecular weight is 321 g/mol. The van der Waals surface area contributed by atoms with Crippen molar-refractivity contribution in [3.8, 4) is 0 Å². The van der Waals surface area contributed by atoms with E-state index < -0.39 is 0 Å². The zero-order valence-electron chi connectivity index (χ0n) is 12.9. The van der Waals surface area contributed by atoms with Crippen LogP contribution in [0.15, 0.2) is 29.2 Å². The first-order valence-electron chi connectivity index (χ1n) is 7.49. The molecule has 1 fully saturated rings. The molecule has 2 amide bonds. The molecule has 1 heterocycles. The Bertz CT molecular complexity index is 542. The fraction of sp³-hybridized carbons (Fsp3) is 0.500. The summed E-state index contributed by atoms with van der Waals surface area (Å²) in [5.41, 5.74) is 5.93. The second-order valence-electron chi connectivity index (χ2n) is 5.99. The fourth-order valence-corrected chi connectivity index (χ4v) is 3.31. The minimum atomic E-state index is -0.387. The van der Waals surface area contributed by atoms with Gasteiger partial charge in [-0.05, 0) is 43.5 Å². The monoisotopic (exact) mass is 321 g/mol. The number of carbonyl (C=O) groups excluding carboxylic acids is 2. The SMILES string of the molecule is CC1(CNC(=O)c2ccccc2SCC(N)=O)CCNCC1. The van der Waals surface area contributed by atoms with Gasteiger partial charge in [0.1, 0.15) is 0 Å². The molecule has 0 unspecified atom stereocenters. The molecule has 0 bridgehead atoms. The summed E-state index contributed by atoms with van der Waals surface area (Å²) < 4.78 is 0. The zero-order valence-corrected chi connectivity index (χ0v) is 13.7. The molecule has 5 nitrogen and oxygen atoms in total. The van der Waals surface area contributed by atoms with Crippen LogP contribution in [-0.2, 0) is 4.79 Å². The van der Waals surface area contributed by atoms with Crippen LogP contribution >= 0.6 is 11.8 Å². The van der Waals surface area contributed by atoms with Crippen molar-refractivity contribution in [3.05, 3.63) is 29.8 Å². The highest BCUT2D eigenvalue weighted by Gasteiger charge is 2.27. The summed E-state index contributed by atoms with van der Waals surface area (Å²) in [7, 11) is 0. The van der Waals surface area contributed by atoms with Crippen molar-refractivity contribution in [2.75, 3.05) is 25.4 Å². The molecule has 120 valence electrons. The van der Waals surface area contributed by atoms with Crippen LogP contribution in [0.5, 0.6) is 0 Å². The number of amides is 2. The summed E-state index contributed by atoms with van der Waals surface area (Å²) in [6, 6.07) is 7.31. The normalized spacial score (nSPS) is 17.0. The molecule has 2 rings (SSSR count). The number of thioether (sulfide) groups is 1.